The molecule has 0 aromatic heterocycles. The number of ether oxygens (including phenoxy) is 1. The first-order valence-electron chi connectivity index (χ1n) is 10.6. The van der Waals surface area contributed by atoms with Crippen LogP contribution in [-0.4, -0.2) is 49.7 Å². The third kappa shape index (κ3) is 5.96. The molecule has 0 spiro atoms. The second-order valence-corrected chi connectivity index (χ2v) is 9.77. The van der Waals surface area contributed by atoms with Gasteiger partial charge in [-0.2, -0.15) is 4.31 Å². The normalized spacial score (nSPS) is 16.6. The molecule has 10 heteroatoms. The Kier molecular flexibility index (Phi) is 7.83. The van der Waals surface area contributed by atoms with E-state index in [0.717, 1.165) is 19.3 Å². The maximum absolute atomic E-state index is 13.1. The van der Waals surface area contributed by atoms with E-state index in [0.29, 0.717) is 17.7 Å². The van der Waals surface area contributed by atoms with E-state index in [2.05, 4.69) is 10.9 Å². The largest absolute Gasteiger partial charge is 0.452 e. The number of amides is 2. The number of piperidine rings is 1. The van der Waals surface area contributed by atoms with E-state index in [4.69, 9.17) is 4.74 Å². The molecule has 0 saturated carbocycles. The van der Waals surface area contributed by atoms with Crippen molar-refractivity contribution in [2.75, 3.05) is 13.2 Å². The Morgan fingerprint density at radius 2 is 1.79 bits per heavy atom. The highest BCUT2D eigenvalue weighted by molar-refractivity contribution is 7.89. The van der Waals surface area contributed by atoms with E-state index in [1.807, 2.05) is 6.92 Å². The lowest BCUT2D eigenvalue weighted by Crippen LogP contribution is -2.43. The lowest BCUT2D eigenvalue weighted by molar-refractivity contribution is -0.125. The van der Waals surface area contributed by atoms with Gasteiger partial charge < -0.3 is 4.74 Å². The van der Waals surface area contributed by atoms with Gasteiger partial charge in [0.1, 0.15) is 0 Å². The van der Waals surface area contributed by atoms with Crippen LogP contribution in [0.15, 0.2) is 53.4 Å². The Bertz CT molecular complexity index is 1130. The molecule has 1 fully saturated rings. The van der Waals surface area contributed by atoms with E-state index < -0.39 is 34.4 Å². The fraction of sp³-hybridized carbons (Fsp3) is 0.348. The van der Waals surface area contributed by atoms with Crippen molar-refractivity contribution in [3.8, 4) is 0 Å². The molecule has 0 aliphatic carbocycles. The molecule has 1 saturated heterocycles. The van der Waals surface area contributed by atoms with Crippen molar-refractivity contribution in [3.05, 3.63) is 65.2 Å². The van der Waals surface area contributed by atoms with Crippen LogP contribution >= 0.6 is 0 Å². The van der Waals surface area contributed by atoms with Gasteiger partial charge in [0.25, 0.3) is 11.8 Å². The summed E-state index contributed by atoms with van der Waals surface area (Å²) in [6.07, 6.45) is 2.56. The number of benzene rings is 2. The summed E-state index contributed by atoms with van der Waals surface area (Å²) in [4.78, 5) is 36.5. The van der Waals surface area contributed by atoms with Crippen LogP contribution in [0.25, 0.3) is 0 Å². The molecule has 1 heterocycles. The van der Waals surface area contributed by atoms with E-state index in [1.54, 1.807) is 37.3 Å². The van der Waals surface area contributed by atoms with Gasteiger partial charge in [-0.1, -0.05) is 30.7 Å². The molecular weight excluding hydrogens is 446 g/mol. The maximum Gasteiger partial charge on any atom is 0.338 e. The number of rotatable bonds is 6. The van der Waals surface area contributed by atoms with Crippen LogP contribution in [0.5, 0.6) is 0 Å². The van der Waals surface area contributed by atoms with Gasteiger partial charge >= 0.3 is 5.97 Å². The molecule has 1 unspecified atom stereocenters. The lowest BCUT2D eigenvalue weighted by atomic mass is 10.1. The van der Waals surface area contributed by atoms with Crippen LogP contribution in [0.2, 0.25) is 0 Å². The number of nitrogens with zero attached hydrogens (tertiary/aromatic N) is 1. The first-order valence-corrected chi connectivity index (χ1v) is 12.1. The lowest BCUT2D eigenvalue weighted by Gasteiger charge is -2.32. The predicted octanol–water partition coefficient (Wildman–Crippen LogP) is 2.18. The van der Waals surface area contributed by atoms with Crippen molar-refractivity contribution >= 4 is 27.8 Å². The number of nitrogens with one attached hydrogen (secondary N) is 2. The van der Waals surface area contributed by atoms with Crippen molar-refractivity contribution in [3.63, 3.8) is 0 Å². The van der Waals surface area contributed by atoms with E-state index in [9.17, 15) is 22.8 Å². The number of aryl methyl sites for hydroxylation is 1. The zero-order valence-corrected chi connectivity index (χ0v) is 19.4. The monoisotopic (exact) mass is 473 g/mol. The van der Waals surface area contributed by atoms with E-state index in [-0.39, 0.29) is 16.5 Å². The van der Waals surface area contributed by atoms with Crippen molar-refractivity contribution < 1.29 is 27.5 Å². The third-order valence-electron chi connectivity index (χ3n) is 5.46. The Hall–Kier alpha value is -3.24. The van der Waals surface area contributed by atoms with Gasteiger partial charge in [-0.25, -0.2) is 13.2 Å². The first kappa shape index (κ1) is 24.4. The SMILES string of the molecule is Cc1ccc(S(=O)(=O)N2CCCCC2C)cc1C(=O)OCC(=O)NNC(=O)c1ccccc1. The highest BCUT2D eigenvalue weighted by Crippen LogP contribution is 2.26. The van der Waals surface area contributed by atoms with Crippen molar-refractivity contribution in [2.45, 2.75) is 44.0 Å². The van der Waals surface area contributed by atoms with Crippen LogP contribution in [0.3, 0.4) is 0 Å². The summed E-state index contributed by atoms with van der Waals surface area (Å²) < 4.78 is 32.7. The molecular formula is C23H27N3O6S. The minimum atomic E-state index is -3.76. The molecule has 2 amide bonds. The average Bonchev–Trinajstić information content (AvgIpc) is 2.81. The fourth-order valence-electron chi connectivity index (χ4n) is 3.58. The smallest absolute Gasteiger partial charge is 0.338 e. The van der Waals surface area contributed by atoms with Gasteiger partial charge in [-0.15, -0.1) is 0 Å². The standard InChI is InChI=1S/C23H27N3O6S/c1-16-11-12-19(33(30,31)26-13-7-6-8-17(26)2)14-20(16)23(29)32-15-21(27)24-25-22(28)18-9-4-3-5-10-18/h3-5,9-12,14,17H,6-8,13,15H2,1-2H3,(H,24,27)(H,25,28). The van der Waals surface area contributed by atoms with Gasteiger partial charge in [0.15, 0.2) is 6.61 Å². The molecule has 1 aliphatic heterocycles. The summed E-state index contributed by atoms with van der Waals surface area (Å²) in [5.74, 6) is -2.09. The number of carbonyl (C=O) groups is 3. The number of esters is 1. The van der Waals surface area contributed by atoms with Gasteiger partial charge in [-0.3, -0.25) is 20.4 Å². The summed E-state index contributed by atoms with van der Waals surface area (Å²) in [6.45, 7) is 3.31. The van der Waals surface area contributed by atoms with Crippen molar-refractivity contribution in [2.24, 2.45) is 0 Å². The topological polar surface area (TPSA) is 122 Å². The average molecular weight is 474 g/mol. The number of hydrogen-bond acceptors (Lipinski definition) is 6. The Morgan fingerprint density at radius 1 is 1.06 bits per heavy atom. The number of hydrazine groups is 1. The minimum absolute atomic E-state index is 0.00776. The van der Waals surface area contributed by atoms with Crippen LogP contribution in [0.4, 0.5) is 0 Å². The molecule has 1 atom stereocenters. The molecule has 2 N–H and O–H groups in total. The Balaban J connectivity index is 1.61. The Morgan fingerprint density at radius 3 is 2.48 bits per heavy atom. The van der Waals surface area contributed by atoms with Gasteiger partial charge in [0.05, 0.1) is 10.5 Å². The summed E-state index contributed by atoms with van der Waals surface area (Å²) in [7, 11) is -3.76. The first-order chi connectivity index (χ1) is 15.7. The van der Waals surface area contributed by atoms with Crippen LogP contribution in [0, 0.1) is 6.92 Å². The molecule has 1 aliphatic rings. The molecule has 9 nitrogen and oxygen atoms in total. The van der Waals surface area contributed by atoms with E-state index >= 15 is 0 Å². The minimum Gasteiger partial charge on any atom is -0.452 e. The summed E-state index contributed by atoms with van der Waals surface area (Å²) >= 11 is 0. The highest BCUT2D eigenvalue weighted by Gasteiger charge is 2.31. The summed E-state index contributed by atoms with van der Waals surface area (Å²) in [6, 6.07) is 12.4. The van der Waals surface area contributed by atoms with Crippen LogP contribution < -0.4 is 10.9 Å². The number of hydrogen-bond donors (Lipinski definition) is 2. The molecule has 33 heavy (non-hydrogen) atoms. The molecule has 0 radical (unpaired) electrons. The van der Waals surface area contributed by atoms with Crippen LogP contribution in [0.1, 0.15) is 52.5 Å². The Labute approximate surface area is 193 Å². The quantitative estimate of drug-likeness (QED) is 0.490. The van der Waals surface area contributed by atoms with Crippen LogP contribution in [-0.2, 0) is 19.6 Å². The summed E-state index contributed by atoms with van der Waals surface area (Å²) in [5, 5.41) is 0. The third-order valence-corrected chi connectivity index (χ3v) is 7.47. The van der Waals surface area contributed by atoms with E-state index in [1.165, 1.54) is 22.5 Å². The zero-order chi connectivity index (χ0) is 24.0. The summed E-state index contributed by atoms with van der Waals surface area (Å²) in [5.41, 5.74) is 5.32. The molecule has 0 bridgehead atoms. The maximum atomic E-state index is 13.1. The van der Waals surface area contributed by atoms with Crippen molar-refractivity contribution in [1.82, 2.24) is 15.2 Å². The number of carbonyl (C=O) groups excluding carboxylic acids is 3. The molecule has 2 aromatic carbocycles. The van der Waals surface area contributed by atoms with Gasteiger partial charge in [-0.05, 0) is 56.5 Å². The molecule has 3 rings (SSSR count). The zero-order valence-electron chi connectivity index (χ0n) is 18.5. The van der Waals surface area contributed by atoms with Gasteiger partial charge in [0.2, 0.25) is 10.0 Å². The van der Waals surface area contributed by atoms with Gasteiger partial charge in [0, 0.05) is 18.2 Å². The highest BCUT2D eigenvalue weighted by atomic mass is 32.2. The second-order valence-electron chi connectivity index (χ2n) is 7.88. The molecule has 176 valence electrons. The number of sulfonamides is 1. The fourth-order valence-corrected chi connectivity index (χ4v) is 5.31. The molecule has 2 aromatic rings. The predicted molar refractivity (Wildman–Crippen MR) is 121 cm³/mol. The second kappa shape index (κ2) is 10.6. The van der Waals surface area contributed by atoms with Crippen molar-refractivity contribution in [1.29, 1.82) is 0 Å².